The largest absolute Gasteiger partial charge is 0.341 e. The number of hydrogen-bond acceptors (Lipinski definition) is 4. The van der Waals surface area contributed by atoms with Gasteiger partial charge in [-0.15, -0.1) is 10.2 Å². The molecule has 4 rings (SSSR count). The van der Waals surface area contributed by atoms with Gasteiger partial charge in [-0.3, -0.25) is 4.79 Å². The molecule has 24 heavy (non-hydrogen) atoms. The Labute approximate surface area is 146 Å². The molecule has 2 aromatic rings. The lowest BCUT2D eigenvalue weighted by molar-refractivity contribution is -0.129. The maximum atomic E-state index is 13.1. The van der Waals surface area contributed by atoms with Crippen LogP contribution < -0.4 is 0 Å². The van der Waals surface area contributed by atoms with E-state index in [1.165, 1.54) is 12.8 Å². The second-order valence-corrected chi connectivity index (χ2v) is 7.64. The molecule has 2 heterocycles. The van der Waals surface area contributed by atoms with Crippen LogP contribution >= 0.6 is 11.8 Å². The average Bonchev–Trinajstić information content (AvgIpc) is 3.15. The van der Waals surface area contributed by atoms with Crippen molar-refractivity contribution >= 4 is 17.7 Å². The lowest BCUT2D eigenvalue weighted by Crippen LogP contribution is -2.31. The van der Waals surface area contributed by atoms with Gasteiger partial charge in [-0.05, 0) is 38.2 Å². The van der Waals surface area contributed by atoms with E-state index in [4.69, 9.17) is 0 Å². The summed E-state index contributed by atoms with van der Waals surface area (Å²) in [7, 11) is 0. The van der Waals surface area contributed by atoms with E-state index in [9.17, 15) is 4.79 Å². The number of likely N-dealkylation sites (tertiary alicyclic amines) is 1. The molecule has 2 fully saturated rings. The Balaban J connectivity index is 1.64. The molecule has 1 aliphatic carbocycles. The third-order valence-electron chi connectivity index (χ3n) is 4.71. The maximum absolute atomic E-state index is 13.1. The molecule has 1 aromatic heterocycles. The minimum absolute atomic E-state index is 0.201. The molecule has 1 atom stereocenters. The predicted molar refractivity (Wildman–Crippen MR) is 93.9 cm³/mol. The molecule has 0 bridgehead atoms. The molecule has 1 saturated carbocycles. The zero-order valence-corrected chi connectivity index (χ0v) is 14.7. The predicted octanol–water partition coefficient (Wildman–Crippen LogP) is 3.38. The fourth-order valence-corrected chi connectivity index (χ4v) is 4.52. The first-order valence-electron chi connectivity index (χ1n) is 8.66. The van der Waals surface area contributed by atoms with Crippen LogP contribution in [-0.4, -0.2) is 38.7 Å². The monoisotopic (exact) mass is 342 g/mol. The molecular formula is C18H22N4OS. The van der Waals surface area contributed by atoms with E-state index in [-0.39, 0.29) is 11.2 Å². The van der Waals surface area contributed by atoms with Crippen molar-refractivity contribution in [1.29, 1.82) is 0 Å². The number of amides is 1. The van der Waals surface area contributed by atoms with Crippen molar-refractivity contribution in [1.82, 2.24) is 19.7 Å². The summed E-state index contributed by atoms with van der Waals surface area (Å²) in [4.78, 5) is 15.1. The van der Waals surface area contributed by atoms with E-state index in [2.05, 4.69) is 14.8 Å². The molecule has 0 unspecified atom stereocenters. The zero-order chi connectivity index (χ0) is 16.5. The quantitative estimate of drug-likeness (QED) is 0.782. The molecule has 1 amide bonds. The summed E-state index contributed by atoms with van der Waals surface area (Å²) >= 11 is 1.55. The van der Waals surface area contributed by atoms with Crippen molar-refractivity contribution < 1.29 is 4.79 Å². The number of hydrogen-bond donors (Lipinski definition) is 0. The van der Waals surface area contributed by atoms with Gasteiger partial charge >= 0.3 is 0 Å². The highest BCUT2D eigenvalue weighted by atomic mass is 32.2. The highest BCUT2D eigenvalue weighted by Crippen LogP contribution is 2.42. The highest BCUT2D eigenvalue weighted by Gasteiger charge is 2.33. The second-order valence-electron chi connectivity index (χ2n) is 6.57. The fraction of sp³-hybridized carbons (Fsp3) is 0.500. The molecular weight excluding hydrogens is 320 g/mol. The fourth-order valence-electron chi connectivity index (χ4n) is 3.28. The van der Waals surface area contributed by atoms with Crippen LogP contribution in [0.2, 0.25) is 0 Å². The summed E-state index contributed by atoms with van der Waals surface area (Å²) < 4.78 is 2.21. The number of nitrogens with zero attached hydrogens (tertiary/aromatic N) is 4. The van der Waals surface area contributed by atoms with Crippen molar-refractivity contribution in [3.05, 3.63) is 41.7 Å². The lowest BCUT2D eigenvalue weighted by Gasteiger charge is -2.23. The molecule has 126 valence electrons. The van der Waals surface area contributed by atoms with Gasteiger partial charge in [-0.2, -0.15) is 0 Å². The Kier molecular flexibility index (Phi) is 4.31. The van der Waals surface area contributed by atoms with E-state index in [1.807, 2.05) is 42.2 Å². The van der Waals surface area contributed by atoms with E-state index < -0.39 is 0 Å². The third-order valence-corrected chi connectivity index (χ3v) is 5.91. The van der Waals surface area contributed by atoms with Crippen molar-refractivity contribution in [3.8, 4) is 0 Å². The van der Waals surface area contributed by atoms with E-state index in [0.29, 0.717) is 6.04 Å². The third kappa shape index (κ3) is 3.07. The Morgan fingerprint density at radius 3 is 2.54 bits per heavy atom. The molecule has 1 aromatic carbocycles. The van der Waals surface area contributed by atoms with Crippen LogP contribution in [-0.2, 0) is 4.79 Å². The Morgan fingerprint density at radius 1 is 1.17 bits per heavy atom. The Bertz CT molecular complexity index is 720. The zero-order valence-electron chi connectivity index (χ0n) is 13.9. The summed E-state index contributed by atoms with van der Waals surface area (Å²) in [5.74, 6) is 1.15. The topological polar surface area (TPSA) is 51.0 Å². The number of benzene rings is 1. The Hall–Kier alpha value is -1.82. The van der Waals surface area contributed by atoms with Crippen LogP contribution in [0.4, 0.5) is 0 Å². The number of rotatable bonds is 5. The number of carbonyl (C=O) groups is 1. The van der Waals surface area contributed by atoms with Crippen LogP contribution in [0.15, 0.2) is 35.5 Å². The minimum Gasteiger partial charge on any atom is -0.341 e. The Morgan fingerprint density at radius 2 is 1.88 bits per heavy atom. The van der Waals surface area contributed by atoms with Gasteiger partial charge in [0.05, 0.1) is 0 Å². The van der Waals surface area contributed by atoms with Gasteiger partial charge in [-0.1, -0.05) is 42.1 Å². The second kappa shape index (κ2) is 6.59. The lowest BCUT2D eigenvalue weighted by atomic mass is 10.1. The molecule has 0 N–H and O–H groups in total. The first kappa shape index (κ1) is 15.7. The highest BCUT2D eigenvalue weighted by molar-refractivity contribution is 8.00. The van der Waals surface area contributed by atoms with Gasteiger partial charge in [-0.25, -0.2) is 0 Å². The smallest absolute Gasteiger partial charge is 0.240 e. The van der Waals surface area contributed by atoms with Gasteiger partial charge in [0.1, 0.15) is 11.1 Å². The van der Waals surface area contributed by atoms with E-state index in [0.717, 1.165) is 42.5 Å². The van der Waals surface area contributed by atoms with Crippen LogP contribution in [0.3, 0.4) is 0 Å². The van der Waals surface area contributed by atoms with E-state index in [1.54, 1.807) is 11.8 Å². The summed E-state index contributed by atoms with van der Waals surface area (Å²) in [6.07, 6.45) is 4.58. The van der Waals surface area contributed by atoms with Gasteiger partial charge in [0.2, 0.25) is 5.91 Å². The van der Waals surface area contributed by atoms with Gasteiger partial charge < -0.3 is 9.47 Å². The van der Waals surface area contributed by atoms with E-state index >= 15 is 0 Å². The molecule has 1 aliphatic heterocycles. The first-order chi connectivity index (χ1) is 11.7. The summed E-state index contributed by atoms with van der Waals surface area (Å²) in [6.45, 7) is 3.74. The SMILES string of the molecule is Cc1nnc(S[C@H](C(=O)N2CCCC2)c2ccccc2)n1C1CC1. The molecule has 0 radical (unpaired) electrons. The first-order valence-corrected chi connectivity index (χ1v) is 9.54. The van der Waals surface area contributed by atoms with Crippen LogP contribution in [0.1, 0.15) is 48.4 Å². The van der Waals surface area contributed by atoms with Gasteiger partial charge in [0.15, 0.2) is 5.16 Å². The van der Waals surface area contributed by atoms with Crippen molar-refractivity contribution in [2.24, 2.45) is 0 Å². The standard InChI is InChI=1S/C18H22N4OS/c1-13-19-20-18(22(13)15-9-10-15)24-16(14-7-3-2-4-8-14)17(23)21-11-5-6-12-21/h2-4,7-8,15-16H,5-6,9-12H2,1H3/t16-/m0/s1. The molecule has 5 nitrogen and oxygen atoms in total. The van der Waals surface area contributed by atoms with Crippen molar-refractivity contribution in [3.63, 3.8) is 0 Å². The molecule has 0 spiro atoms. The summed E-state index contributed by atoms with van der Waals surface area (Å²) in [5, 5.41) is 9.23. The normalized spacial score (nSPS) is 18.8. The number of carbonyl (C=O) groups excluding carboxylic acids is 1. The van der Waals surface area contributed by atoms with Gasteiger partial charge in [0.25, 0.3) is 0 Å². The number of aromatic nitrogens is 3. The molecule has 2 aliphatic rings. The number of thioether (sulfide) groups is 1. The minimum atomic E-state index is -0.245. The van der Waals surface area contributed by atoms with Crippen molar-refractivity contribution in [2.75, 3.05) is 13.1 Å². The average molecular weight is 342 g/mol. The maximum Gasteiger partial charge on any atom is 0.240 e. The van der Waals surface area contributed by atoms with Crippen LogP contribution in [0.25, 0.3) is 0 Å². The molecule has 1 saturated heterocycles. The summed E-state index contributed by atoms with van der Waals surface area (Å²) in [6, 6.07) is 10.6. The number of aryl methyl sites for hydroxylation is 1. The summed E-state index contributed by atoms with van der Waals surface area (Å²) in [5.41, 5.74) is 1.04. The van der Waals surface area contributed by atoms with Crippen LogP contribution in [0, 0.1) is 6.92 Å². The molecule has 6 heteroatoms. The van der Waals surface area contributed by atoms with Crippen molar-refractivity contribution in [2.45, 2.75) is 49.1 Å². The van der Waals surface area contributed by atoms with Crippen LogP contribution in [0.5, 0.6) is 0 Å². The van der Waals surface area contributed by atoms with Gasteiger partial charge in [0, 0.05) is 19.1 Å².